The number of thiazole rings is 1. The summed E-state index contributed by atoms with van der Waals surface area (Å²) >= 11 is 7.23. The minimum absolute atomic E-state index is 0.324. The van der Waals surface area contributed by atoms with E-state index in [1.165, 1.54) is 23.6 Å². The Morgan fingerprint density at radius 3 is 3.06 bits per heavy atom. The molecule has 0 aliphatic rings. The van der Waals surface area contributed by atoms with Gasteiger partial charge in [0.2, 0.25) is 0 Å². The van der Waals surface area contributed by atoms with Crippen LogP contribution in [0.25, 0.3) is 10.6 Å². The number of hydrogen-bond acceptors (Lipinski definition) is 4. The first kappa shape index (κ1) is 11.8. The molecule has 2 rings (SSSR count). The van der Waals surface area contributed by atoms with Crippen molar-refractivity contribution in [1.29, 1.82) is 0 Å². The number of nitrogens with one attached hydrogen (secondary N) is 1. The molecule has 3 nitrogen and oxygen atoms in total. The molecular formula is C11H7ClFN3S. The number of nitrogens with zero attached hydrogens (tertiary/aromatic N) is 2. The van der Waals surface area contributed by atoms with Crippen LogP contribution >= 0.6 is 22.9 Å². The predicted molar refractivity (Wildman–Crippen MR) is 67.6 cm³/mol. The lowest BCUT2D eigenvalue weighted by atomic mass is 10.3. The van der Waals surface area contributed by atoms with Crippen LogP contribution in [0.1, 0.15) is 0 Å². The number of terminal acetylenes is 1. The lowest BCUT2D eigenvalue weighted by molar-refractivity contribution is 0.622. The van der Waals surface area contributed by atoms with E-state index in [-0.39, 0.29) is 0 Å². The first-order valence-electron chi connectivity index (χ1n) is 4.65. The van der Waals surface area contributed by atoms with E-state index in [1.807, 2.05) is 0 Å². The van der Waals surface area contributed by atoms with Gasteiger partial charge in [-0.2, -0.15) is 0 Å². The summed E-state index contributed by atoms with van der Waals surface area (Å²) in [6.45, 7) is 0.364. The molecule has 0 saturated heterocycles. The number of rotatable bonds is 3. The van der Waals surface area contributed by atoms with Gasteiger partial charge in [-0.3, -0.25) is 4.98 Å². The number of aromatic nitrogens is 2. The number of pyridine rings is 1. The summed E-state index contributed by atoms with van der Waals surface area (Å²) in [6, 6.07) is 1.35. The van der Waals surface area contributed by atoms with E-state index in [0.29, 0.717) is 27.3 Å². The Bertz CT molecular complexity index is 576. The SMILES string of the molecule is C#CCNc1sc(-c2cncc(F)c2)nc1Cl. The normalized spacial score (nSPS) is 9.94. The summed E-state index contributed by atoms with van der Waals surface area (Å²) in [5.41, 5.74) is 0.589. The van der Waals surface area contributed by atoms with E-state index in [4.69, 9.17) is 18.0 Å². The fourth-order valence-electron chi connectivity index (χ4n) is 1.19. The molecule has 0 saturated carbocycles. The Labute approximate surface area is 107 Å². The Hall–Kier alpha value is -1.64. The maximum absolute atomic E-state index is 13.0. The molecule has 0 bridgehead atoms. The van der Waals surface area contributed by atoms with Gasteiger partial charge in [-0.05, 0) is 6.07 Å². The monoisotopic (exact) mass is 267 g/mol. The van der Waals surface area contributed by atoms with Gasteiger partial charge in [0.25, 0.3) is 0 Å². The minimum Gasteiger partial charge on any atom is -0.363 e. The molecule has 1 N–H and O–H groups in total. The molecule has 0 aromatic carbocycles. The van der Waals surface area contributed by atoms with Crippen LogP contribution in [0.2, 0.25) is 5.15 Å². The van der Waals surface area contributed by atoms with Crippen LogP contribution in [0.5, 0.6) is 0 Å². The van der Waals surface area contributed by atoms with Crippen molar-refractivity contribution in [3.05, 3.63) is 29.4 Å². The molecule has 0 fully saturated rings. The summed E-state index contributed by atoms with van der Waals surface area (Å²) in [5.74, 6) is 2.03. The third-order valence-corrected chi connectivity index (χ3v) is 3.34. The number of anilines is 1. The fourth-order valence-corrected chi connectivity index (χ4v) is 2.35. The molecule has 0 unspecified atom stereocenters. The van der Waals surface area contributed by atoms with Crippen LogP contribution in [0.15, 0.2) is 18.5 Å². The molecule has 6 heteroatoms. The van der Waals surface area contributed by atoms with E-state index >= 15 is 0 Å². The lowest BCUT2D eigenvalue weighted by Gasteiger charge is -1.96. The van der Waals surface area contributed by atoms with Crippen molar-refractivity contribution in [1.82, 2.24) is 9.97 Å². The van der Waals surface area contributed by atoms with Crippen LogP contribution in [0.4, 0.5) is 9.39 Å². The lowest BCUT2D eigenvalue weighted by Crippen LogP contribution is -1.95. The van der Waals surface area contributed by atoms with Gasteiger partial charge in [0.1, 0.15) is 15.8 Å². The molecule has 0 aliphatic carbocycles. The zero-order valence-corrected chi connectivity index (χ0v) is 10.1. The van der Waals surface area contributed by atoms with Gasteiger partial charge < -0.3 is 5.32 Å². The Morgan fingerprint density at radius 2 is 2.35 bits per heavy atom. The average Bonchev–Trinajstić information content (AvgIpc) is 2.68. The Balaban J connectivity index is 2.31. The maximum atomic E-state index is 13.0. The van der Waals surface area contributed by atoms with Crippen molar-refractivity contribution >= 4 is 27.9 Å². The number of halogens is 2. The molecular weight excluding hydrogens is 261 g/mol. The molecule has 2 aromatic heterocycles. The topological polar surface area (TPSA) is 37.8 Å². The second-order valence-corrected chi connectivity index (χ2v) is 4.45. The van der Waals surface area contributed by atoms with Crippen LogP contribution < -0.4 is 5.32 Å². The maximum Gasteiger partial charge on any atom is 0.164 e. The van der Waals surface area contributed by atoms with E-state index in [9.17, 15) is 4.39 Å². The molecule has 2 aromatic rings. The Morgan fingerprint density at radius 1 is 1.53 bits per heavy atom. The number of hydrogen-bond donors (Lipinski definition) is 1. The zero-order valence-electron chi connectivity index (χ0n) is 8.58. The highest BCUT2D eigenvalue weighted by molar-refractivity contribution is 7.19. The van der Waals surface area contributed by atoms with Crippen molar-refractivity contribution < 1.29 is 4.39 Å². The van der Waals surface area contributed by atoms with E-state index < -0.39 is 5.82 Å². The van der Waals surface area contributed by atoms with Crippen LogP contribution in [0, 0.1) is 18.2 Å². The highest BCUT2D eigenvalue weighted by Crippen LogP contribution is 2.34. The third-order valence-electron chi connectivity index (χ3n) is 1.89. The van der Waals surface area contributed by atoms with Crippen molar-refractivity contribution in [2.24, 2.45) is 0 Å². The van der Waals surface area contributed by atoms with E-state index in [0.717, 1.165) is 6.20 Å². The molecule has 0 radical (unpaired) electrons. The first-order chi connectivity index (χ1) is 8.20. The summed E-state index contributed by atoms with van der Waals surface area (Å²) in [7, 11) is 0. The van der Waals surface area contributed by atoms with Gasteiger partial charge in [-0.1, -0.05) is 28.9 Å². The van der Waals surface area contributed by atoms with Crippen LogP contribution in [-0.4, -0.2) is 16.5 Å². The smallest absolute Gasteiger partial charge is 0.164 e. The van der Waals surface area contributed by atoms with Crippen LogP contribution in [-0.2, 0) is 0 Å². The molecule has 0 spiro atoms. The molecule has 2 heterocycles. The molecule has 86 valence electrons. The van der Waals surface area contributed by atoms with Crippen molar-refractivity contribution in [2.45, 2.75) is 0 Å². The van der Waals surface area contributed by atoms with Gasteiger partial charge in [-0.25, -0.2) is 9.37 Å². The van der Waals surface area contributed by atoms with Crippen molar-refractivity contribution in [3.63, 3.8) is 0 Å². The van der Waals surface area contributed by atoms with Gasteiger partial charge in [0.05, 0.1) is 12.7 Å². The van der Waals surface area contributed by atoms with E-state index in [2.05, 4.69) is 21.2 Å². The molecule has 0 atom stereocenters. The van der Waals surface area contributed by atoms with Gasteiger partial charge in [-0.15, -0.1) is 6.42 Å². The summed E-state index contributed by atoms with van der Waals surface area (Å²) < 4.78 is 13.0. The zero-order chi connectivity index (χ0) is 12.3. The molecule has 0 aliphatic heterocycles. The average molecular weight is 268 g/mol. The van der Waals surface area contributed by atoms with Gasteiger partial charge in [0, 0.05) is 11.8 Å². The van der Waals surface area contributed by atoms with Crippen molar-refractivity contribution in [3.8, 4) is 22.9 Å². The third kappa shape index (κ3) is 2.73. The molecule has 0 amide bonds. The van der Waals surface area contributed by atoms with Gasteiger partial charge >= 0.3 is 0 Å². The minimum atomic E-state index is -0.410. The summed E-state index contributed by atoms with van der Waals surface area (Å²) in [4.78, 5) is 7.88. The van der Waals surface area contributed by atoms with Crippen molar-refractivity contribution in [2.75, 3.05) is 11.9 Å². The largest absolute Gasteiger partial charge is 0.363 e. The highest BCUT2D eigenvalue weighted by atomic mass is 35.5. The second-order valence-electron chi connectivity index (χ2n) is 3.09. The van der Waals surface area contributed by atoms with Crippen LogP contribution in [0.3, 0.4) is 0 Å². The Kier molecular flexibility index (Phi) is 3.57. The first-order valence-corrected chi connectivity index (χ1v) is 5.84. The quantitative estimate of drug-likeness (QED) is 0.869. The standard InChI is InChI=1S/C11H7ClFN3S/c1-2-3-15-11-9(12)16-10(17-11)7-4-8(13)6-14-5-7/h1,4-6,15H,3H2. The second kappa shape index (κ2) is 5.13. The highest BCUT2D eigenvalue weighted by Gasteiger charge is 2.11. The summed E-state index contributed by atoms with van der Waals surface area (Å²) in [5, 5.41) is 4.53. The van der Waals surface area contributed by atoms with Gasteiger partial charge in [0.15, 0.2) is 5.15 Å². The predicted octanol–water partition coefficient (Wildman–Crippen LogP) is 3.04. The fraction of sp³-hybridized carbons (Fsp3) is 0.0909. The summed E-state index contributed by atoms with van der Waals surface area (Å²) in [6.07, 6.45) is 7.80. The van der Waals surface area contributed by atoms with E-state index in [1.54, 1.807) is 0 Å². The molecule has 17 heavy (non-hydrogen) atoms.